The first kappa shape index (κ1) is 24.2. The van der Waals surface area contributed by atoms with Crippen LogP contribution < -0.4 is 15.4 Å². The van der Waals surface area contributed by atoms with Gasteiger partial charge < -0.3 is 25.3 Å². The second kappa shape index (κ2) is 9.84. The number of benzene rings is 1. The first-order chi connectivity index (χ1) is 17.4. The summed E-state index contributed by atoms with van der Waals surface area (Å²) in [4.78, 5) is 44.2. The summed E-state index contributed by atoms with van der Waals surface area (Å²) in [6, 6.07) is 8.10. The number of rotatable bonds is 6. The molecule has 36 heavy (non-hydrogen) atoms. The lowest BCUT2D eigenvalue weighted by Crippen LogP contribution is -2.49. The Morgan fingerprint density at radius 3 is 2.81 bits per heavy atom. The number of nitrogens with zero attached hydrogens (tertiary/aromatic N) is 2. The Morgan fingerprint density at radius 2 is 2.11 bits per heavy atom. The van der Waals surface area contributed by atoms with E-state index in [2.05, 4.69) is 21.7 Å². The minimum absolute atomic E-state index is 0.0717. The number of fused-ring (bicyclic) bond motifs is 1. The number of aromatic amines is 1. The third-order valence-electron chi connectivity index (χ3n) is 8.22. The first-order valence-electron chi connectivity index (χ1n) is 12.9. The molecule has 190 valence electrons. The van der Waals surface area contributed by atoms with E-state index in [0.717, 1.165) is 36.6 Å². The number of methoxy groups -OCH3 is 1. The fourth-order valence-corrected chi connectivity index (χ4v) is 6.31. The summed E-state index contributed by atoms with van der Waals surface area (Å²) >= 11 is 0. The van der Waals surface area contributed by atoms with Gasteiger partial charge in [-0.3, -0.25) is 14.4 Å². The highest BCUT2D eigenvalue weighted by Gasteiger charge is 2.49. The largest absolute Gasteiger partial charge is 0.496 e. The van der Waals surface area contributed by atoms with Crippen molar-refractivity contribution in [1.82, 2.24) is 20.5 Å². The third kappa shape index (κ3) is 4.52. The Morgan fingerprint density at radius 1 is 1.31 bits per heavy atom. The fraction of sp³-hybridized carbons (Fsp3) is 0.556. The van der Waals surface area contributed by atoms with Gasteiger partial charge in [0.25, 0.3) is 5.91 Å². The second-order valence-electron chi connectivity index (χ2n) is 10.5. The summed E-state index contributed by atoms with van der Waals surface area (Å²) in [6.07, 6.45) is 6.88. The lowest BCUT2D eigenvalue weighted by Gasteiger charge is -2.32. The van der Waals surface area contributed by atoms with Crippen molar-refractivity contribution < 1.29 is 19.1 Å². The minimum atomic E-state index is -0.774. The molecule has 2 aliphatic heterocycles. The van der Waals surface area contributed by atoms with Gasteiger partial charge in [-0.2, -0.15) is 5.26 Å². The highest BCUT2D eigenvalue weighted by atomic mass is 16.5. The number of hydrogen-bond acceptors (Lipinski definition) is 5. The van der Waals surface area contributed by atoms with Crippen molar-refractivity contribution in [1.29, 1.82) is 5.26 Å². The van der Waals surface area contributed by atoms with Crippen molar-refractivity contribution in [3.05, 3.63) is 30.0 Å². The number of nitrogens with one attached hydrogen (secondary N) is 3. The molecule has 1 spiro atoms. The fourth-order valence-electron chi connectivity index (χ4n) is 6.31. The molecule has 0 bridgehead atoms. The molecule has 3 aliphatic rings. The lowest BCUT2D eigenvalue weighted by molar-refractivity contribution is -0.126. The standard InChI is InChI=1S/C27H33N5O4/c1-36-23-7-5-6-20-19(23)13-21(31-20)26(35)32-16-27(9-3-2-4-10-27)14-22(32)25(34)30-18(15-28)12-17-8-11-29-24(17)33/h5-7,13,17-18,22,31H,2-4,8-12,14,16H2,1H3,(H,29,33)(H,30,34)/t17-,18-,22+/m0/s1. The van der Waals surface area contributed by atoms with Crippen LogP contribution in [-0.4, -0.2) is 59.9 Å². The van der Waals surface area contributed by atoms with Gasteiger partial charge in [-0.15, -0.1) is 0 Å². The molecule has 1 saturated carbocycles. The maximum absolute atomic E-state index is 13.8. The van der Waals surface area contributed by atoms with Crippen molar-refractivity contribution in [3.63, 3.8) is 0 Å². The van der Waals surface area contributed by atoms with Crippen LogP contribution in [0.25, 0.3) is 10.9 Å². The van der Waals surface area contributed by atoms with Crippen LogP contribution in [0.5, 0.6) is 5.75 Å². The molecule has 9 nitrogen and oxygen atoms in total. The molecule has 0 radical (unpaired) electrons. The number of hydrogen-bond donors (Lipinski definition) is 3. The van der Waals surface area contributed by atoms with Gasteiger partial charge in [0.15, 0.2) is 0 Å². The van der Waals surface area contributed by atoms with E-state index in [4.69, 9.17) is 4.74 Å². The van der Waals surface area contributed by atoms with Crippen molar-refractivity contribution >= 4 is 28.6 Å². The van der Waals surface area contributed by atoms with Gasteiger partial charge in [0.05, 0.1) is 13.2 Å². The van der Waals surface area contributed by atoms with Crippen molar-refractivity contribution in [3.8, 4) is 11.8 Å². The molecule has 0 unspecified atom stereocenters. The molecule has 3 heterocycles. The van der Waals surface area contributed by atoms with E-state index in [1.807, 2.05) is 18.2 Å². The van der Waals surface area contributed by atoms with Crippen molar-refractivity contribution in [2.24, 2.45) is 11.3 Å². The molecule has 3 fully saturated rings. The average Bonchev–Trinajstić information content (AvgIpc) is 3.60. The third-order valence-corrected chi connectivity index (χ3v) is 8.22. The number of H-pyrrole nitrogens is 1. The van der Waals surface area contributed by atoms with Gasteiger partial charge in [-0.05, 0) is 55.7 Å². The van der Waals surface area contributed by atoms with Crippen LogP contribution in [0.15, 0.2) is 24.3 Å². The van der Waals surface area contributed by atoms with Crippen LogP contribution in [0.3, 0.4) is 0 Å². The van der Waals surface area contributed by atoms with Gasteiger partial charge in [-0.1, -0.05) is 25.3 Å². The summed E-state index contributed by atoms with van der Waals surface area (Å²) in [5.74, 6) is -0.209. The van der Waals surface area contributed by atoms with Gasteiger partial charge in [0, 0.05) is 29.9 Å². The number of likely N-dealkylation sites (tertiary alicyclic amines) is 1. The second-order valence-corrected chi connectivity index (χ2v) is 10.5. The number of ether oxygens (including phenoxy) is 1. The predicted molar refractivity (Wildman–Crippen MR) is 133 cm³/mol. The zero-order chi connectivity index (χ0) is 25.3. The molecule has 3 N–H and O–H groups in total. The molecule has 3 amide bonds. The minimum Gasteiger partial charge on any atom is -0.496 e. The summed E-state index contributed by atoms with van der Waals surface area (Å²) in [7, 11) is 1.59. The Kier molecular flexibility index (Phi) is 6.61. The molecule has 1 aromatic carbocycles. The Balaban J connectivity index is 1.39. The van der Waals surface area contributed by atoms with E-state index in [0.29, 0.717) is 37.4 Å². The summed E-state index contributed by atoms with van der Waals surface area (Å²) in [5, 5.41) is 16.1. The van der Waals surface area contributed by atoms with Crippen LogP contribution in [0.2, 0.25) is 0 Å². The summed E-state index contributed by atoms with van der Waals surface area (Å²) in [6.45, 7) is 1.12. The SMILES string of the molecule is COc1cccc2[nH]c(C(=O)N3CC4(CCCCC4)C[C@@H]3C(=O)N[C@H](C#N)C[C@@H]3CCNC3=O)cc12. The van der Waals surface area contributed by atoms with Crippen LogP contribution >= 0.6 is 0 Å². The van der Waals surface area contributed by atoms with E-state index in [9.17, 15) is 19.6 Å². The molecule has 2 saturated heterocycles. The highest BCUT2D eigenvalue weighted by Crippen LogP contribution is 2.47. The van der Waals surface area contributed by atoms with Gasteiger partial charge >= 0.3 is 0 Å². The van der Waals surface area contributed by atoms with Gasteiger partial charge in [0.2, 0.25) is 11.8 Å². The molecular formula is C27H33N5O4. The Labute approximate surface area is 210 Å². The average molecular weight is 492 g/mol. The molecule has 1 aromatic heterocycles. The quantitative estimate of drug-likeness (QED) is 0.573. The molecule has 3 atom stereocenters. The van der Waals surface area contributed by atoms with Gasteiger partial charge in [0.1, 0.15) is 23.5 Å². The lowest BCUT2D eigenvalue weighted by atomic mass is 9.72. The van der Waals surface area contributed by atoms with E-state index in [1.165, 1.54) is 6.42 Å². The maximum Gasteiger partial charge on any atom is 0.271 e. The van der Waals surface area contributed by atoms with E-state index in [1.54, 1.807) is 18.1 Å². The monoisotopic (exact) mass is 491 g/mol. The maximum atomic E-state index is 13.8. The molecule has 9 heteroatoms. The normalized spacial score (nSPS) is 23.9. The molecule has 5 rings (SSSR count). The van der Waals surface area contributed by atoms with Crippen LogP contribution in [0.1, 0.15) is 61.9 Å². The smallest absolute Gasteiger partial charge is 0.271 e. The van der Waals surface area contributed by atoms with Gasteiger partial charge in [-0.25, -0.2) is 0 Å². The van der Waals surface area contributed by atoms with E-state index in [-0.39, 0.29) is 35.5 Å². The van der Waals surface area contributed by atoms with Crippen LogP contribution in [0.4, 0.5) is 0 Å². The topological polar surface area (TPSA) is 127 Å². The van der Waals surface area contributed by atoms with E-state index < -0.39 is 12.1 Å². The number of nitriles is 1. The number of carbonyl (C=O) groups excluding carboxylic acids is 3. The van der Waals surface area contributed by atoms with Crippen molar-refractivity contribution in [2.75, 3.05) is 20.2 Å². The number of carbonyl (C=O) groups is 3. The van der Waals surface area contributed by atoms with E-state index >= 15 is 0 Å². The summed E-state index contributed by atoms with van der Waals surface area (Å²) in [5.41, 5.74) is 1.14. The highest BCUT2D eigenvalue weighted by molar-refractivity contribution is 6.02. The predicted octanol–water partition coefficient (Wildman–Crippen LogP) is 2.88. The molecule has 2 aromatic rings. The number of aromatic nitrogens is 1. The summed E-state index contributed by atoms with van der Waals surface area (Å²) < 4.78 is 5.45. The molecular weight excluding hydrogens is 458 g/mol. The zero-order valence-electron chi connectivity index (χ0n) is 20.6. The zero-order valence-corrected chi connectivity index (χ0v) is 20.6. The Hall–Kier alpha value is -3.54. The number of amides is 3. The van der Waals surface area contributed by atoms with Crippen LogP contribution in [-0.2, 0) is 9.59 Å². The Bertz CT molecular complexity index is 1210. The van der Waals surface area contributed by atoms with Crippen molar-refractivity contribution in [2.45, 2.75) is 63.5 Å². The van der Waals surface area contributed by atoms with Crippen LogP contribution in [0, 0.1) is 22.7 Å². The molecule has 1 aliphatic carbocycles. The first-order valence-corrected chi connectivity index (χ1v) is 12.9.